The summed E-state index contributed by atoms with van der Waals surface area (Å²) in [7, 11) is -3.99. The molecule has 13 heteroatoms. The van der Waals surface area contributed by atoms with Gasteiger partial charge in [-0.2, -0.15) is 13.2 Å². The maximum atomic E-state index is 13.8. The van der Waals surface area contributed by atoms with Crippen molar-refractivity contribution >= 4 is 50.7 Å². The minimum Gasteiger partial charge on any atom is -0.355 e. The first-order chi connectivity index (χ1) is 20.2. The molecule has 3 rings (SSSR count). The third-order valence-electron chi connectivity index (χ3n) is 6.59. The smallest absolute Gasteiger partial charge is 0.355 e. The zero-order chi connectivity index (χ0) is 31.8. The molecule has 0 radical (unpaired) electrons. The van der Waals surface area contributed by atoms with Crippen LogP contribution in [0, 0.1) is 0 Å². The van der Waals surface area contributed by atoms with Gasteiger partial charge >= 0.3 is 6.18 Å². The van der Waals surface area contributed by atoms with E-state index in [-0.39, 0.29) is 43.9 Å². The van der Waals surface area contributed by atoms with E-state index in [2.05, 4.69) is 5.32 Å². The van der Waals surface area contributed by atoms with Crippen molar-refractivity contribution in [2.45, 2.75) is 44.9 Å². The monoisotopic (exact) mass is 657 g/mol. The van der Waals surface area contributed by atoms with Crippen LogP contribution in [0.1, 0.15) is 36.5 Å². The lowest BCUT2D eigenvalue weighted by molar-refractivity contribution is -0.141. The normalized spacial score (nSPS) is 12.4. The molecule has 0 bridgehead atoms. The van der Waals surface area contributed by atoms with Gasteiger partial charge in [-0.1, -0.05) is 65.7 Å². The molecule has 3 aromatic carbocycles. The van der Waals surface area contributed by atoms with E-state index in [0.717, 1.165) is 34.3 Å². The fourth-order valence-corrected chi connectivity index (χ4v) is 5.95. The SMILES string of the molecule is CCNC(=O)[C@@H](Cc1ccccc1)N(Cc1ccc(Cl)cc1Cl)C(=O)CCCN(c1cccc(C(F)(F)F)c1)S(C)(=O)=O. The van der Waals surface area contributed by atoms with Gasteiger partial charge in [-0.05, 0) is 54.8 Å². The maximum Gasteiger partial charge on any atom is 0.416 e. The van der Waals surface area contributed by atoms with Crippen LogP contribution in [0.4, 0.5) is 18.9 Å². The zero-order valence-corrected chi connectivity index (χ0v) is 25.9. The van der Waals surface area contributed by atoms with E-state index >= 15 is 0 Å². The highest BCUT2D eigenvalue weighted by atomic mass is 35.5. The Bertz CT molecular complexity index is 1520. The number of amides is 2. The molecule has 0 heterocycles. The van der Waals surface area contributed by atoms with Crippen molar-refractivity contribution in [2.75, 3.05) is 23.7 Å². The molecule has 1 atom stereocenters. The number of carbonyl (C=O) groups is 2. The van der Waals surface area contributed by atoms with Gasteiger partial charge in [-0.3, -0.25) is 13.9 Å². The first-order valence-corrected chi connectivity index (χ1v) is 16.0. The summed E-state index contributed by atoms with van der Waals surface area (Å²) in [5.74, 6) is -0.845. The number of halogens is 5. The highest BCUT2D eigenvalue weighted by molar-refractivity contribution is 7.92. The molecule has 3 aromatic rings. The summed E-state index contributed by atoms with van der Waals surface area (Å²) in [6, 6.07) is 17.0. The molecule has 0 spiro atoms. The Kier molecular flexibility index (Phi) is 11.9. The third kappa shape index (κ3) is 9.87. The quantitative estimate of drug-likeness (QED) is 0.233. The lowest BCUT2D eigenvalue weighted by Crippen LogP contribution is -2.50. The van der Waals surface area contributed by atoms with Crippen LogP contribution in [0.5, 0.6) is 0 Å². The third-order valence-corrected chi connectivity index (χ3v) is 8.37. The largest absolute Gasteiger partial charge is 0.416 e. The summed E-state index contributed by atoms with van der Waals surface area (Å²) in [5.41, 5.74) is 0.195. The Morgan fingerprint density at radius 3 is 2.28 bits per heavy atom. The second kappa shape index (κ2) is 14.9. The number of rotatable bonds is 13. The Labute approximate surface area is 259 Å². The molecule has 0 unspecified atom stereocenters. The number of anilines is 1. The number of nitrogens with one attached hydrogen (secondary N) is 1. The zero-order valence-electron chi connectivity index (χ0n) is 23.6. The maximum absolute atomic E-state index is 13.8. The van der Waals surface area contributed by atoms with Crippen molar-refractivity contribution in [1.29, 1.82) is 0 Å². The molecule has 0 aromatic heterocycles. The molecule has 0 aliphatic rings. The number of sulfonamides is 1. The molecule has 1 N–H and O–H groups in total. The molecule has 0 fully saturated rings. The van der Waals surface area contributed by atoms with Crippen LogP contribution in [-0.4, -0.2) is 50.5 Å². The first kappa shape index (κ1) is 34.2. The Morgan fingerprint density at radius 1 is 0.977 bits per heavy atom. The van der Waals surface area contributed by atoms with Gasteiger partial charge in [-0.15, -0.1) is 0 Å². The van der Waals surface area contributed by atoms with Gasteiger partial charge in [0.1, 0.15) is 6.04 Å². The molecule has 0 saturated heterocycles. The number of carbonyl (C=O) groups excluding carboxylic acids is 2. The van der Waals surface area contributed by atoms with Crippen LogP contribution in [-0.2, 0) is 38.8 Å². The van der Waals surface area contributed by atoms with Gasteiger partial charge in [0, 0.05) is 42.5 Å². The first-order valence-electron chi connectivity index (χ1n) is 13.4. The number of hydrogen-bond acceptors (Lipinski definition) is 4. The molecule has 0 saturated carbocycles. The van der Waals surface area contributed by atoms with E-state index < -0.39 is 33.7 Å². The van der Waals surface area contributed by atoms with Crippen LogP contribution in [0.25, 0.3) is 0 Å². The van der Waals surface area contributed by atoms with Crippen LogP contribution in [0.3, 0.4) is 0 Å². The van der Waals surface area contributed by atoms with Crippen LogP contribution in [0.2, 0.25) is 10.0 Å². The number of alkyl halides is 3. The Balaban J connectivity index is 1.90. The van der Waals surface area contributed by atoms with Crippen LogP contribution < -0.4 is 9.62 Å². The average molecular weight is 659 g/mol. The van der Waals surface area contributed by atoms with E-state index in [1.165, 1.54) is 17.0 Å². The molecule has 232 valence electrons. The summed E-state index contributed by atoms with van der Waals surface area (Å²) in [5, 5.41) is 3.47. The Morgan fingerprint density at radius 2 is 1.67 bits per heavy atom. The summed E-state index contributed by atoms with van der Waals surface area (Å²) in [6.07, 6.45) is -3.80. The topological polar surface area (TPSA) is 86.8 Å². The molecule has 0 aliphatic heterocycles. The second-order valence-electron chi connectivity index (χ2n) is 9.84. The second-order valence-corrected chi connectivity index (χ2v) is 12.6. The molecule has 0 aliphatic carbocycles. The number of hydrogen-bond donors (Lipinski definition) is 1. The van der Waals surface area contributed by atoms with Gasteiger partial charge in [0.2, 0.25) is 21.8 Å². The van der Waals surface area contributed by atoms with Crippen molar-refractivity contribution < 1.29 is 31.2 Å². The van der Waals surface area contributed by atoms with E-state index in [1.54, 1.807) is 19.1 Å². The standard InChI is InChI=1S/C30H32Cl2F3N3O4S/c1-3-36-29(40)27(17-21-9-5-4-6-10-21)37(20-22-14-15-24(31)19-26(22)32)28(39)13-8-16-38(43(2,41)42)25-12-7-11-23(18-25)30(33,34)35/h4-7,9-12,14-15,18-19,27H,3,8,13,16-17,20H2,1-2H3,(H,36,40)/t27-/m1/s1. The van der Waals surface area contributed by atoms with Gasteiger partial charge < -0.3 is 10.2 Å². The lowest BCUT2D eigenvalue weighted by Gasteiger charge is -2.32. The van der Waals surface area contributed by atoms with E-state index in [9.17, 15) is 31.2 Å². The van der Waals surface area contributed by atoms with Gasteiger partial charge in [0.25, 0.3) is 0 Å². The molecular formula is C30H32Cl2F3N3O4S. The number of nitrogens with zero attached hydrogens (tertiary/aromatic N) is 2. The van der Waals surface area contributed by atoms with E-state index in [4.69, 9.17) is 23.2 Å². The van der Waals surface area contributed by atoms with Crippen molar-refractivity contribution in [3.63, 3.8) is 0 Å². The van der Waals surface area contributed by atoms with Crippen LogP contribution in [0.15, 0.2) is 72.8 Å². The predicted molar refractivity (Wildman–Crippen MR) is 162 cm³/mol. The van der Waals surface area contributed by atoms with Crippen molar-refractivity contribution in [3.05, 3.63) is 99.5 Å². The van der Waals surface area contributed by atoms with Gasteiger partial charge in [-0.25, -0.2) is 8.42 Å². The van der Waals surface area contributed by atoms with Crippen molar-refractivity contribution in [3.8, 4) is 0 Å². The van der Waals surface area contributed by atoms with Crippen molar-refractivity contribution in [1.82, 2.24) is 10.2 Å². The number of likely N-dealkylation sites (N-methyl/N-ethyl adjacent to an activating group) is 1. The van der Waals surface area contributed by atoms with Gasteiger partial charge in [0.05, 0.1) is 17.5 Å². The Hall–Kier alpha value is -3.28. The summed E-state index contributed by atoms with van der Waals surface area (Å²) in [6.45, 7) is 1.79. The predicted octanol–water partition coefficient (Wildman–Crippen LogP) is 6.33. The number of benzene rings is 3. The minimum atomic E-state index is -4.66. The van der Waals surface area contributed by atoms with Gasteiger partial charge in [0.15, 0.2) is 0 Å². The molecular weight excluding hydrogens is 626 g/mol. The summed E-state index contributed by atoms with van der Waals surface area (Å²) >= 11 is 12.5. The summed E-state index contributed by atoms with van der Waals surface area (Å²) in [4.78, 5) is 28.5. The molecule has 2 amide bonds. The highest BCUT2D eigenvalue weighted by Gasteiger charge is 2.33. The highest BCUT2D eigenvalue weighted by Crippen LogP contribution is 2.32. The molecule has 7 nitrogen and oxygen atoms in total. The van der Waals surface area contributed by atoms with Crippen molar-refractivity contribution in [2.24, 2.45) is 0 Å². The van der Waals surface area contributed by atoms with E-state index in [0.29, 0.717) is 22.2 Å². The fourth-order valence-electron chi connectivity index (χ4n) is 4.52. The molecule has 43 heavy (non-hydrogen) atoms. The minimum absolute atomic E-state index is 0.0273. The fraction of sp³-hybridized carbons (Fsp3) is 0.333. The lowest BCUT2D eigenvalue weighted by atomic mass is 10.0. The summed E-state index contributed by atoms with van der Waals surface area (Å²) < 4.78 is 65.8. The average Bonchev–Trinajstić information content (AvgIpc) is 2.93. The van der Waals surface area contributed by atoms with Crippen LogP contribution >= 0.6 is 23.2 Å². The van der Waals surface area contributed by atoms with E-state index in [1.807, 2.05) is 30.3 Å².